The summed E-state index contributed by atoms with van der Waals surface area (Å²) in [6.07, 6.45) is 0. The van der Waals surface area contributed by atoms with Crippen molar-refractivity contribution in [1.82, 2.24) is 5.32 Å². The molecule has 4 heteroatoms. The van der Waals surface area contributed by atoms with E-state index < -0.39 is 11.4 Å². The van der Waals surface area contributed by atoms with Gasteiger partial charge in [-0.05, 0) is 31.7 Å². The third-order valence-corrected chi connectivity index (χ3v) is 2.64. The fourth-order valence-electron chi connectivity index (χ4n) is 1.34. The topological polar surface area (TPSA) is 64.3 Å². The summed E-state index contributed by atoms with van der Waals surface area (Å²) in [5.41, 5.74) is 5.29. The molecule has 0 aliphatic heterocycles. The number of carbonyl (C=O) groups excluding carboxylic acids is 1. The third kappa shape index (κ3) is 2.10. The van der Waals surface area contributed by atoms with Crippen LogP contribution in [0.2, 0.25) is 0 Å². The summed E-state index contributed by atoms with van der Waals surface area (Å²) in [6, 6.07) is 7.28. The van der Waals surface area contributed by atoms with Crippen molar-refractivity contribution in [2.24, 2.45) is 5.73 Å². The second-order valence-corrected chi connectivity index (χ2v) is 3.47. The van der Waals surface area contributed by atoms with Gasteiger partial charge in [0.05, 0.1) is 7.11 Å². The lowest BCUT2D eigenvalue weighted by molar-refractivity contribution is -0.123. The molecular weight excluding hydrogens is 192 g/mol. The molecule has 15 heavy (non-hydrogen) atoms. The molecule has 0 aliphatic carbocycles. The molecule has 1 atom stereocenters. The van der Waals surface area contributed by atoms with Gasteiger partial charge < -0.3 is 15.8 Å². The molecule has 0 bridgehead atoms. The van der Waals surface area contributed by atoms with Crippen LogP contribution >= 0.6 is 0 Å². The number of amides is 1. The molecule has 4 nitrogen and oxygen atoms in total. The first-order valence-corrected chi connectivity index (χ1v) is 4.68. The molecule has 1 aromatic rings. The lowest BCUT2D eigenvalue weighted by Crippen LogP contribution is -2.48. The second-order valence-electron chi connectivity index (χ2n) is 3.47. The zero-order valence-corrected chi connectivity index (χ0v) is 9.20. The third-order valence-electron chi connectivity index (χ3n) is 2.64. The number of ether oxygens (including phenoxy) is 1. The average Bonchev–Trinajstić information content (AvgIpc) is 2.27. The van der Waals surface area contributed by atoms with Gasteiger partial charge in [-0.15, -0.1) is 0 Å². The van der Waals surface area contributed by atoms with Crippen LogP contribution < -0.4 is 15.8 Å². The SMILES string of the molecule is CNC(C)(C(N)=O)c1cccc(OC)c1. The summed E-state index contributed by atoms with van der Waals surface area (Å²) in [6.45, 7) is 1.74. The standard InChI is InChI=1S/C11H16N2O2/c1-11(13-2,10(12)14)8-5-4-6-9(7-8)15-3/h4-7,13H,1-3H3,(H2,12,14). The maximum atomic E-state index is 11.4. The molecule has 0 saturated carbocycles. The van der Waals surface area contributed by atoms with E-state index in [0.717, 1.165) is 5.56 Å². The fourth-order valence-corrected chi connectivity index (χ4v) is 1.34. The number of hydrogen-bond acceptors (Lipinski definition) is 3. The summed E-state index contributed by atoms with van der Waals surface area (Å²) < 4.78 is 5.09. The van der Waals surface area contributed by atoms with Crippen molar-refractivity contribution in [3.63, 3.8) is 0 Å². The van der Waals surface area contributed by atoms with Crippen molar-refractivity contribution >= 4 is 5.91 Å². The average molecular weight is 208 g/mol. The van der Waals surface area contributed by atoms with Crippen LogP contribution in [0, 0.1) is 0 Å². The Morgan fingerprint density at radius 3 is 2.67 bits per heavy atom. The van der Waals surface area contributed by atoms with E-state index in [4.69, 9.17) is 10.5 Å². The highest BCUT2D eigenvalue weighted by Crippen LogP contribution is 2.23. The Hall–Kier alpha value is -1.55. The number of benzene rings is 1. The van der Waals surface area contributed by atoms with Crippen LogP contribution in [0.25, 0.3) is 0 Å². The molecule has 1 unspecified atom stereocenters. The monoisotopic (exact) mass is 208 g/mol. The van der Waals surface area contributed by atoms with Crippen LogP contribution in [-0.4, -0.2) is 20.1 Å². The minimum Gasteiger partial charge on any atom is -0.497 e. The normalized spacial score (nSPS) is 14.3. The van der Waals surface area contributed by atoms with Crippen molar-refractivity contribution in [2.45, 2.75) is 12.5 Å². The Labute approximate surface area is 89.4 Å². The van der Waals surface area contributed by atoms with Gasteiger partial charge in [0.2, 0.25) is 5.91 Å². The van der Waals surface area contributed by atoms with E-state index in [9.17, 15) is 4.79 Å². The highest BCUT2D eigenvalue weighted by Gasteiger charge is 2.31. The van der Waals surface area contributed by atoms with Crippen LogP contribution in [0.4, 0.5) is 0 Å². The number of primary amides is 1. The quantitative estimate of drug-likeness (QED) is 0.762. The molecule has 0 heterocycles. The Balaban J connectivity index is 3.18. The first-order chi connectivity index (χ1) is 7.04. The van der Waals surface area contributed by atoms with Gasteiger partial charge in [-0.1, -0.05) is 12.1 Å². The maximum Gasteiger partial charge on any atom is 0.242 e. The zero-order valence-electron chi connectivity index (χ0n) is 9.20. The maximum absolute atomic E-state index is 11.4. The van der Waals surface area contributed by atoms with Crippen LogP contribution in [0.5, 0.6) is 5.75 Å². The molecule has 0 saturated heterocycles. The Morgan fingerprint density at radius 1 is 1.53 bits per heavy atom. The number of nitrogens with two attached hydrogens (primary N) is 1. The molecule has 0 fully saturated rings. The van der Waals surface area contributed by atoms with Gasteiger partial charge in [-0.25, -0.2) is 0 Å². The van der Waals surface area contributed by atoms with Crippen LogP contribution in [0.1, 0.15) is 12.5 Å². The van der Waals surface area contributed by atoms with E-state index in [0.29, 0.717) is 5.75 Å². The Morgan fingerprint density at radius 2 is 2.20 bits per heavy atom. The van der Waals surface area contributed by atoms with Gasteiger partial charge in [-0.3, -0.25) is 4.79 Å². The molecule has 3 N–H and O–H groups in total. The van der Waals surface area contributed by atoms with E-state index in [-0.39, 0.29) is 0 Å². The smallest absolute Gasteiger partial charge is 0.242 e. The molecular formula is C11H16N2O2. The summed E-state index contributed by atoms with van der Waals surface area (Å²) in [5.74, 6) is 0.286. The summed E-state index contributed by atoms with van der Waals surface area (Å²) in [7, 11) is 3.28. The van der Waals surface area contributed by atoms with Crippen LogP contribution in [0.3, 0.4) is 0 Å². The largest absolute Gasteiger partial charge is 0.497 e. The number of nitrogens with one attached hydrogen (secondary N) is 1. The van der Waals surface area contributed by atoms with Crippen molar-refractivity contribution in [2.75, 3.05) is 14.2 Å². The zero-order chi connectivity index (χ0) is 11.5. The number of methoxy groups -OCH3 is 1. The van der Waals surface area contributed by atoms with Crippen LogP contribution in [-0.2, 0) is 10.3 Å². The molecule has 0 spiro atoms. The van der Waals surface area contributed by atoms with Gasteiger partial charge in [-0.2, -0.15) is 0 Å². The van der Waals surface area contributed by atoms with Crippen molar-refractivity contribution in [1.29, 1.82) is 0 Å². The first kappa shape index (κ1) is 11.5. The lowest BCUT2D eigenvalue weighted by atomic mass is 9.91. The van der Waals surface area contributed by atoms with Crippen molar-refractivity contribution in [3.8, 4) is 5.75 Å². The fraction of sp³-hybridized carbons (Fsp3) is 0.364. The van der Waals surface area contributed by atoms with E-state index in [1.807, 2.05) is 18.2 Å². The molecule has 0 radical (unpaired) electrons. The van der Waals surface area contributed by atoms with Crippen molar-refractivity contribution < 1.29 is 9.53 Å². The van der Waals surface area contributed by atoms with Crippen LogP contribution in [0.15, 0.2) is 24.3 Å². The Bertz CT molecular complexity index is 365. The van der Waals surface area contributed by atoms with E-state index in [1.165, 1.54) is 0 Å². The van der Waals surface area contributed by atoms with Gasteiger partial charge >= 0.3 is 0 Å². The molecule has 0 aliphatic rings. The minimum absolute atomic E-state index is 0.418. The molecule has 82 valence electrons. The lowest BCUT2D eigenvalue weighted by Gasteiger charge is -2.26. The van der Waals surface area contributed by atoms with Gasteiger partial charge in [0.15, 0.2) is 0 Å². The summed E-state index contributed by atoms with van der Waals surface area (Å²) in [5, 5.41) is 2.92. The predicted molar refractivity (Wildman–Crippen MR) is 58.6 cm³/mol. The number of carbonyl (C=O) groups is 1. The number of hydrogen-bond donors (Lipinski definition) is 2. The van der Waals surface area contributed by atoms with Gasteiger partial charge in [0.1, 0.15) is 11.3 Å². The van der Waals surface area contributed by atoms with Gasteiger partial charge in [0.25, 0.3) is 0 Å². The summed E-state index contributed by atoms with van der Waals surface area (Å²) in [4.78, 5) is 11.4. The molecule has 0 aromatic heterocycles. The Kier molecular flexibility index (Phi) is 3.31. The number of likely N-dealkylation sites (N-methyl/N-ethyl adjacent to an activating group) is 1. The van der Waals surface area contributed by atoms with E-state index >= 15 is 0 Å². The molecule has 1 aromatic carbocycles. The summed E-state index contributed by atoms with van der Waals surface area (Å²) >= 11 is 0. The molecule has 1 amide bonds. The predicted octanol–water partition coefficient (Wildman–Crippen LogP) is 0.615. The van der Waals surface area contributed by atoms with E-state index in [1.54, 1.807) is 27.1 Å². The van der Waals surface area contributed by atoms with E-state index in [2.05, 4.69) is 5.32 Å². The highest BCUT2D eigenvalue weighted by molar-refractivity contribution is 5.85. The van der Waals surface area contributed by atoms with Gasteiger partial charge in [0, 0.05) is 0 Å². The minimum atomic E-state index is -0.867. The second kappa shape index (κ2) is 4.31. The first-order valence-electron chi connectivity index (χ1n) is 4.68. The highest BCUT2D eigenvalue weighted by atomic mass is 16.5. The molecule has 1 rings (SSSR count). The van der Waals surface area contributed by atoms with Crippen molar-refractivity contribution in [3.05, 3.63) is 29.8 Å². The number of rotatable bonds is 4.